The first-order valence-corrected chi connectivity index (χ1v) is 6.65. The summed E-state index contributed by atoms with van der Waals surface area (Å²) in [5.41, 5.74) is 2.28. The maximum atomic E-state index is 11.4. The van der Waals surface area contributed by atoms with Gasteiger partial charge in [0.15, 0.2) is 0 Å². The highest BCUT2D eigenvalue weighted by atomic mass is 79.9. The number of ketones is 1. The summed E-state index contributed by atoms with van der Waals surface area (Å²) in [6.07, 6.45) is 2.51. The molecule has 0 aliphatic carbocycles. The van der Waals surface area contributed by atoms with Crippen LogP contribution in [-0.4, -0.2) is 16.9 Å². The van der Waals surface area contributed by atoms with E-state index in [2.05, 4.69) is 15.9 Å². The highest BCUT2D eigenvalue weighted by molar-refractivity contribution is 9.09. The molecule has 0 saturated carbocycles. The molecule has 1 aromatic carbocycles. The van der Waals surface area contributed by atoms with Gasteiger partial charge in [-0.25, -0.2) is 4.79 Å². The molecule has 0 fully saturated rings. The van der Waals surface area contributed by atoms with E-state index < -0.39 is 10.8 Å². The number of carbonyl (C=O) groups is 2. The van der Waals surface area contributed by atoms with Gasteiger partial charge in [0.25, 0.3) is 0 Å². The van der Waals surface area contributed by atoms with Gasteiger partial charge < -0.3 is 5.11 Å². The molecule has 1 N–H and O–H groups in total. The smallest absolute Gasteiger partial charge is 0.328 e. The monoisotopic (exact) mass is 330 g/mol. The molecular weight excluding hydrogens is 319 g/mol. The zero-order chi connectivity index (χ0) is 13.7. The number of hydrogen-bond acceptors (Lipinski definition) is 2. The number of carbonyl (C=O) groups excluding carboxylic acids is 1. The van der Waals surface area contributed by atoms with Crippen LogP contribution in [0.3, 0.4) is 0 Å². The van der Waals surface area contributed by atoms with Crippen molar-refractivity contribution in [2.24, 2.45) is 0 Å². The Bertz CT molecular complexity index is 497. The summed E-state index contributed by atoms with van der Waals surface area (Å²) >= 11 is 9.05. The number of carboxylic acid groups (broad SMARTS) is 1. The van der Waals surface area contributed by atoms with Crippen LogP contribution in [0.2, 0.25) is 0 Å². The van der Waals surface area contributed by atoms with E-state index in [0.29, 0.717) is 11.4 Å². The number of halogens is 2. The Morgan fingerprint density at radius 3 is 2.67 bits per heavy atom. The van der Waals surface area contributed by atoms with E-state index in [1.807, 2.05) is 0 Å². The van der Waals surface area contributed by atoms with Crippen LogP contribution in [0.4, 0.5) is 0 Å². The third kappa shape index (κ3) is 3.96. The summed E-state index contributed by atoms with van der Waals surface area (Å²) in [6.45, 7) is 1.47. The van der Waals surface area contributed by atoms with Crippen LogP contribution < -0.4 is 0 Å². The lowest BCUT2D eigenvalue weighted by Crippen LogP contribution is -2.04. The van der Waals surface area contributed by atoms with E-state index in [0.717, 1.165) is 17.2 Å². The van der Waals surface area contributed by atoms with Crippen molar-refractivity contribution in [3.05, 3.63) is 41.0 Å². The molecule has 0 heterocycles. The molecule has 0 aliphatic rings. The zero-order valence-electron chi connectivity index (χ0n) is 9.69. The molecule has 0 aliphatic heterocycles. The summed E-state index contributed by atoms with van der Waals surface area (Å²) in [6, 6.07) is 5.36. The Morgan fingerprint density at radius 1 is 1.50 bits per heavy atom. The third-order valence-corrected chi connectivity index (χ3v) is 3.79. The molecule has 0 radical (unpaired) electrons. The average molecular weight is 332 g/mol. The predicted octanol–water partition coefficient (Wildman–Crippen LogP) is 3.55. The Labute approximate surface area is 119 Å². The van der Waals surface area contributed by atoms with E-state index in [1.54, 1.807) is 18.2 Å². The summed E-state index contributed by atoms with van der Waals surface area (Å²) in [5.74, 6) is -0.740. The van der Waals surface area contributed by atoms with Crippen LogP contribution in [0.1, 0.15) is 28.4 Å². The van der Waals surface area contributed by atoms with Gasteiger partial charge in [0.2, 0.25) is 0 Å². The highest BCUT2D eigenvalue weighted by Gasteiger charge is 2.16. The molecule has 18 heavy (non-hydrogen) atoms. The van der Waals surface area contributed by atoms with Crippen LogP contribution in [0.15, 0.2) is 24.3 Å². The molecule has 3 nitrogen and oxygen atoms in total. The minimum Gasteiger partial charge on any atom is -0.478 e. The van der Waals surface area contributed by atoms with Crippen LogP contribution >= 0.6 is 27.5 Å². The van der Waals surface area contributed by atoms with E-state index in [4.69, 9.17) is 16.7 Å². The SMILES string of the molecule is CC(=O)C(Br)c1cc(CCl)ccc1C=CC(=O)O. The van der Waals surface area contributed by atoms with E-state index in [-0.39, 0.29) is 5.78 Å². The number of Topliss-reactive ketones (excluding diaryl/α,β-unsaturated/α-hetero) is 1. The van der Waals surface area contributed by atoms with E-state index >= 15 is 0 Å². The average Bonchev–Trinajstić information content (AvgIpc) is 2.35. The first-order valence-electron chi connectivity index (χ1n) is 5.20. The Morgan fingerprint density at radius 2 is 2.17 bits per heavy atom. The summed E-state index contributed by atoms with van der Waals surface area (Å²) < 4.78 is 0. The maximum Gasteiger partial charge on any atom is 0.328 e. The lowest BCUT2D eigenvalue weighted by Gasteiger charge is -2.11. The van der Waals surface area contributed by atoms with Crippen molar-refractivity contribution in [1.82, 2.24) is 0 Å². The summed E-state index contributed by atoms with van der Waals surface area (Å²) in [5, 5.41) is 8.63. The Kier molecular flexibility index (Phi) is 5.56. The Balaban J connectivity index is 3.24. The van der Waals surface area contributed by atoms with Crippen molar-refractivity contribution in [2.75, 3.05) is 0 Å². The lowest BCUT2D eigenvalue weighted by molar-refractivity contribution is -0.131. The second-order valence-corrected chi connectivity index (χ2v) is 4.92. The Hall–Kier alpha value is -1.13. The molecule has 0 amide bonds. The van der Waals surface area contributed by atoms with Crippen molar-refractivity contribution in [1.29, 1.82) is 0 Å². The molecule has 1 atom stereocenters. The van der Waals surface area contributed by atoms with Gasteiger partial charge in [-0.2, -0.15) is 0 Å². The number of aliphatic carboxylic acids is 1. The minimum absolute atomic E-state index is 0.0494. The molecular formula is C13H12BrClO3. The molecule has 0 saturated heterocycles. The van der Waals surface area contributed by atoms with Crippen LogP contribution in [-0.2, 0) is 15.5 Å². The normalized spacial score (nSPS) is 12.6. The number of hydrogen-bond donors (Lipinski definition) is 1. The van der Waals surface area contributed by atoms with Gasteiger partial charge in [-0.05, 0) is 29.7 Å². The van der Waals surface area contributed by atoms with Gasteiger partial charge in [-0.3, -0.25) is 4.79 Å². The van der Waals surface area contributed by atoms with Crippen molar-refractivity contribution >= 4 is 45.4 Å². The number of carboxylic acids is 1. The number of alkyl halides is 2. The molecule has 0 aromatic heterocycles. The van der Waals surface area contributed by atoms with Gasteiger partial charge in [0.1, 0.15) is 5.78 Å². The van der Waals surface area contributed by atoms with Gasteiger partial charge in [-0.15, -0.1) is 11.6 Å². The largest absolute Gasteiger partial charge is 0.478 e. The predicted molar refractivity (Wildman–Crippen MR) is 75.0 cm³/mol. The zero-order valence-corrected chi connectivity index (χ0v) is 12.0. The highest BCUT2D eigenvalue weighted by Crippen LogP contribution is 2.29. The maximum absolute atomic E-state index is 11.4. The fourth-order valence-electron chi connectivity index (χ4n) is 1.46. The van der Waals surface area contributed by atoms with Gasteiger partial charge >= 0.3 is 5.97 Å². The first kappa shape index (κ1) is 14.9. The van der Waals surface area contributed by atoms with E-state index in [9.17, 15) is 9.59 Å². The first-order chi connectivity index (χ1) is 8.45. The van der Waals surface area contributed by atoms with Crippen molar-refractivity contribution < 1.29 is 14.7 Å². The minimum atomic E-state index is -1.03. The van der Waals surface area contributed by atoms with Crippen LogP contribution in [0.25, 0.3) is 6.08 Å². The number of benzene rings is 1. The van der Waals surface area contributed by atoms with E-state index in [1.165, 1.54) is 13.0 Å². The molecule has 1 rings (SSSR count). The van der Waals surface area contributed by atoms with Crippen LogP contribution in [0.5, 0.6) is 0 Å². The lowest BCUT2D eigenvalue weighted by atomic mass is 9.99. The summed E-state index contributed by atoms with van der Waals surface area (Å²) in [7, 11) is 0. The molecule has 0 spiro atoms. The number of rotatable bonds is 5. The van der Waals surface area contributed by atoms with Crippen molar-refractivity contribution in [3.63, 3.8) is 0 Å². The summed E-state index contributed by atoms with van der Waals surface area (Å²) in [4.78, 5) is 21.5. The third-order valence-electron chi connectivity index (χ3n) is 2.34. The van der Waals surface area contributed by atoms with Crippen molar-refractivity contribution in [3.8, 4) is 0 Å². The van der Waals surface area contributed by atoms with Gasteiger partial charge in [-0.1, -0.05) is 34.1 Å². The molecule has 0 bridgehead atoms. The molecule has 96 valence electrons. The second-order valence-electron chi connectivity index (χ2n) is 3.74. The fraction of sp³-hybridized carbons (Fsp3) is 0.231. The standard InChI is InChI=1S/C13H12BrClO3/c1-8(16)13(14)11-6-9(7-15)2-3-10(11)4-5-12(17)18/h2-6,13H,7H2,1H3,(H,17,18). The second kappa shape index (κ2) is 6.71. The molecule has 1 unspecified atom stereocenters. The van der Waals surface area contributed by atoms with Crippen LogP contribution in [0, 0.1) is 0 Å². The topological polar surface area (TPSA) is 54.4 Å². The van der Waals surface area contributed by atoms with Crippen molar-refractivity contribution in [2.45, 2.75) is 17.6 Å². The molecule has 5 heteroatoms. The quantitative estimate of drug-likeness (QED) is 0.663. The van der Waals surface area contributed by atoms with Gasteiger partial charge in [0, 0.05) is 12.0 Å². The molecule has 1 aromatic rings. The van der Waals surface area contributed by atoms with Gasteiger partial charge in [0.05, 0.1) is 4.83 Å². The fourth-order valence-corrected chi connectivity index (χ4v) is 2.02.